The minimum absolute atomic E-state index is 0.0776. The largest absolute Gasteiger partial charge is 0.490 e. The van der Waals surface area contributed by atoms with Gasteiger partial charge in [0.2, 0.25) is 0 Å². The fourth-order valence-corrected chi connectivity index (χ4v) is 4.62. The highest BCUT2D eigenvalue weighted by Gasteiger charge is 2.29. The highest BCUT2D eigenvalue weighted by molar-refractivity contribution is 5.97. The Labute approximate surface area is 192 Å². The van der Waals surface area contributed by atoms with Crippen molar-refractivity contribution in [1.82, 2.24) is 19.6 Å². The summed E-state index contributed by atoms with van der Waals surface area (Å²) in [6.45, 7) is 8.39. The monoisotopic (exact) mass is 448 g/mol. The Balaban J connectivity index is 1.27. The number of hydrogen-bond donors (Lipinski definition) is 0. The molecule has 8 heteroatoms. The van der Waals surface area contributed by atoms with Crippen molar-refractivity contribution in [1.29, 1.82) is 0 Å². The Morgan fingerprint density at radius 1 is 1.24 bits per heavy atom. The Morgan fingerprint density at radius 3 is 2.79 bits per heavy atom. The van der Waals surface area contributed by atoms with Gasteiger partial charge in [-0.25, -0.2) is 4.98 Å². The van der Waals surface area contributed by atoms with Crippen LogP contribution in [0, 0.1) is 13.8 Å². The fraction of sp³-hybridized carbons (Fsp3) is 0.400. The normalized spacial score (nSPS) is 14.8. The molecular weight excluding hydrogens is 420 g/mol. The van der Waals surface area contributed by atoms with E-state index in [2.05, 4.69) is 14.7 Å². The van der Waals surface area contributed by atoms with Crippen molar-refractivity contribution in [2.45, 2.75) is 46.1 Å². The van der Waals surface area contributed by atoms with Crippen LogP contribution in [0.3, 0.4) is 0 Å². The number of aryl methyl sites for hydroxylation is 2. The summed E-state index contributed by atoms with van der Waals surface area (Å²) in [4.78, 5) is 19.6. The number of rotatable bonds is 6. The summed E-state index contributed by atoms with van der Waals surface area (Å²) in [7, 11) is 0. The number of hydrogen-bond acceptors (Lipinski definition) is 6. The Bertz CT molecular complexity index is 1260. The quantitative estimate of drug-likeness (QED) is 0.425. The van der Waals surface area contributed by atoms with Crippen LogP contribution < -0.4 is 4.74 Å². The summed E-state index contributed by atoms with van der Waals surface area (Å²) in [6.07, 6.45) is 5.56. The summed E-state index contributed by atoms with van der Waals surface area (Å²) >= 11 is 0. The van der Waals surface area contributed by atoms with E-state index in [0.29, 0.717) is 49.3 Å². The number of carbonyl (C=O) groups is 1. The lowest BCUT2D eigenvalue weighted by atomic mass is 9.95. The first-order valence-electron chi connectivity index (χ1n) is 11.4. The predicted molar refractivity (Wildman–Crippen MR) is 123 cm³/mol. The predicted octanol–water partition coefficient (Wildman–Crippen LogP) is 4.70. The summed E-state index contributed by atoms with van der Waals surface area (Å²) in [5.74, 6) is 3.13. The number of piperidine rings is 1. The first-order chi connectivity index (χ1) is 16.0. The Morgan fingerprint density at radius 2 is 2.06 bits per heavy atom. The first-order valence-corrected chi connectivity index (χ1v) is 11.4. The molecule has 8 nitrogen and oxygen atoms in total. The Kier molecular flexibility index (Phi) is 5.66. The Hall–Kier alpha value is -3.55. The number of para-hydroxylation sites is 1. The van der Waals surface area contributed by atoms with Gasteiger partial charge in [-0.3, -0.25) is 4.79 Å². The van der Waals surface area contributed by atoms with Crippen LogP contribution in [0.2, 0.25) is 0 Å². The molecule has 1 amide bonds. The minimum Gasteiger partial charge on any atom is -0.490 e. The van der Waals surface area contributed by atoms with Crippen LogP contribution >= 0.6 is 0 Å². The standard InChI is InChI=1S/C25H28N4O4/c1-4-31-21-7-5-6-19-14-22(32-23(19)21)25(30)28-11-8-18(9-12-28)24-26-10-13-29(24)15-20-16(2)27-33-17(20)3/h5-7,10,13-14,18H,4,8-9,11-12,15H2,1-3H3. The van der Waals surface area contributed by atoms with E-state index in [0.717, 1.165) is 41.1 Å². The lowest BCUT2D eigenvalue weighted by Gasteiger charge is -2.31. The topological polar surface area (TPSA) is 86.5 Å². The van der Waals surface area contributed by atoms with Gasteiger partial charge in [0.05, 0.1) is 18.8 Å². The third-order valence-electron chi connectivity index (χ3n) is 6.42. The zero-order valence-electron chi connectivity index (χ0n) is 19.2. The van der Waals surface area contributed by atoms with Crippen LogP contribution in [0.4, 0.5) is 0 Å². The highest BCUT2D eigenvalue weighted by atomic mass is 16.5. The molecule has 1 aliphatic rings. The fourth-order valence-electron chi connectivity index (χ4n) is 4.62. The van der Waals surface area contributed by atoms with Crippen LogP contribution in [0.25, 0.3) is 11.0 Å². The van der Waals surface area contributed by atoms with Crippen molar-refractivity contribution < 1.29 is 18.5 Å². The zero-order valence-corrected chi connectivity index (χ0v) is 19.2. The van der Waals surface area contributed by atoms with Crippen LogP contribution in [-0.2, 0) is 6.54 Å². The number of furan rings is 1. The lowest BCUT2D eigenvalue weighted by Crippen LogP contribution is -2.38. The lowest BCUT2D eigenvalue weighted by molar-refractivity contribution is 0.0680. The van der Waals surface area contributed by atoms with Crippen LogP contribution in [-0.4, -0.2) is 45.2 Å². The molecule has 0 bridgehead atoms. The minimum atomic E-state index is -0.0776. The molecule has 1 aliphatic heterocycles. The molecule has 0 atom stereocenters. The molecule has 0 N–H and O–H groups in total. The van der Waals surface area contributed by atoms with Crippen LogP contribution in [0.15, 0.2) is 45.6 Å². The van der Waals surface area contributed by atoms with E-state index < -0.39 is 0 Å². The van der Waals surface area contributed by atoms with Gasteiger partial charge >= 0.3 is 0 Å². The smallest absolute Gasteiger partial charge is 0.289 e. The number of fused-ring (bicyclic) bond motifs is 1. The zero-order chi connectivity index (χ0) is 22.9. The summed E-state index contributed by atoms with van der Waals surface area (Å²) in [6, 6.07) is 7.51. The van der Waals surface area contributed by atoms with Gasteiger partial charge in [0.1, 0.15) is 11.6 Å². The molecule has 0 radical (unpaired) electrons. The van der Waals surface area contributed by atoms with Gasteiger partial charge in [-0.15, -0.1) is 0 Å². The number of benzene rings is 1. The second-order valence-electron chi connectivity index (χ2n) is 8.50. The average molecular weight is 449 g/mol. The molecule has 0 unspecified atom stereocenters. The molecule has 1 aromatic carbocycles. The van der Waals surface area contributed by atoms with Gasteiger partial charge in [0, 0.05) is 42.4 Å². The summed E-state index contributed by atoms with van der Waals surface area (Å²) in [5, 5.41) is 4.93. The van der Waals surface area contributed by atoms with Crippen molar-refractivity contribution >= 4 is 16.9 Å². The summed E-state index contributed by atoms with van der Waals surface area (Å²) in [5.41, 5.74) is 2.63. The molecule has 1 fully saturated rings. The average Bonchev–Trinajstić information content (AvgIpc) is 3.55. The molecule has 1 saturated heterocycles. The van der Waals surface area contributed by atoms with E-state index in [-0.39, 0.29) is 5.91 Å². The second-order valence-corrected chi connectivity index (χ2v) is 8.50. The first kappa shape index (κ1) is 21.3. The summed E-state index contributed by atoms with van der Waals surface area (Å²) < 4.78 is 19.0. The van der Waals surface area contributed by atoms with Crippen molar-refractivity contribution in [2.75, 3.05) is 19.7 Å². The van der Waals surface area contributed by atoms with Gasteiger partial charge < -0.3 is 23.1 Å². The maximum atomic E-state index is 13.1. The van der Waals surface area contributed by atoms with Crippen molar-refractivity contribution in [3.63, 3.8) is 0 Å². The molecule has 0 saturated carbocycles. The van der Waals surface area contributed by atoms with Gasteiger partial charge in [-0.05, 0) is 45.7 Å². The third kappa shape index (κ3) is 4.01. The second kappa shape index (κ2) is 8.77. The molecule has 33 heavy (non-hydrogen) atoms. The van der Waals surface area contributed by atoms with Crippen molar-refractivity contribution in [3.8, 4) is 5.75 Å². The van der Waals surface area contributed by atoms with Gasteiger partial charge in [-0.1, -0.05) is 17.3 Å². The molecule has 0 spiro atoms. The molecule has 4 aromatic rings. The van der Waals surface area contributed by atoms with Gasteiger partial charge in [-0.2, -0.15) is 0 Å². The number of imidazole rings is 1. The number of carbonyl (C=O) groups excluding carboxylic acids is 1. The number of ether oxygens (including phenoxy) is 1. The van der Waals surface area contributed by atoms with E-state index >= 15 is 0 Å². The number of likely N-dealkylation sites (tertiary alicyclic amines) is 1. The van der Waals surface area contributed by atoms with Gasteiger partial charge in [0.15, 0.2) is 17.1 Å². The van der Waals surface area contributed by atoms with Crippen molar-refractivity contribution in [2.24, 2.45) is 0 Å². The maximum absolute atomic E-state index is 13.1. The van der Waals surface area contributed by atoms with Crippen LogP contribution in [0.5, 0.6) is 5.75 Å². The third-order valence-corrected chi connectivity index (χ3v) is 6.42. The van der Waals surface area contributed by atoms with E-state index in [1.165, 1.54) is 0 Å². The molecule has 4 heterocycles. The molecule has 5 rings (SSSR count). The van der Waals surface area contributed by atoms with Crippen LogP contribution in [0.1, 0.15) is 59.1 Å². The van der Waals surface area contributed by atoms with E-state index in [4.69, 9.17) is 13.7 Å². The molecule has 0 aliphatic carbocycles. The van der Waals surface area contributed by atoms with E-state index in [1.807, 2.05) is 62.3 Å². The highest BCUT2D eigenvalue weighted by Crippen LogP contribution is 2.32. The van der Waals surface area contributed by atoms with E-state index in [1.54, 1.807) is 0 Å². The molecular formula is C25H28N4O4. The van der Waals surface area contributed by atoms with Crippen molar-refractivity contribution in [3.05, 3.63) is 65.3 Å². The SMILES string of the molecule is CCOc1cccc2cc(C(=O)N3CCC(c4nccn4Cc4c(C)noc4C)CC3)oc12. The maximum Gasteiger partial charge on any atom is 0.289 e. The number of amides is 1. The molecule has 3 aromatic heterocycles. The number of aromatic nitrogens is 3. The van der Waals surface area contributed by atoms with E-state index in [9.17, 15) is 4.79 Å². The molecule has 172 valence electrons. The van der Waals surface area contributed by atoms with Gasteiger partial charge in [0.25, 0.3) is 5.91 Å². The number of nitrogens with zero attached hydrogens (tertiary/aromatic N) is 4.